The van der Waals surface area contributed by atoms with Crippen molar-refractivity contribution < 1.29 is 4.79 Å². The summed E-state index contributed by atoms with van der Waals surface area (Å²) in [5.41, 5.74) is 3.63. The lowest BCUT2D eigenvalue weighted by atomic mass is 10.0. The molecule has 0 saturated heterocycles. The lowest BCUT2D eigenvalue weighted by Gasteiger charge is -2.15. The van der Waals surface area contributed by atoms with Gasteiger partial charge in [0, 0.05) is 11.8 Å². The van der Waals surface area contributed by atoms with Gasteiger partial charge >= 0.3 is 0 Å². The largest absolute Gasteiger partial charge is 0.352 e. The van der Waals surface area contributed by atoms with Gasteiger partial charge in [-0.3, -0.25) is 4.79 Å². The van der Waals surface area contributed by atoms with E-state index in [-0.39, 0.29) is 11.2 Å². The maximum Gasteiger partial charge on any atom is 0.238 e. The molecule has 1 unspecified atom stereocenters. The third kappa shape index (κ3) is 5.86. The van der Waals surface area contributed by atoms with E-state index in [0.717, 1.165) is 32.8 Å². The van der Waals surface area contributed by atoms with E-state index in [0.29, 0.717) is 12.0 Å². The number of nitrogens with one attached hydrogen (secondary N) is 1. The van der Waals surface area contributed by atoms with Crippen molar-refractivity contribution in [2.75, 3.05) is 0 Å². The van der Waals surface area contributed by atoms with E-state index in [4.69, 9.17) is 0 Å². The topological polar surface area (TPSA) is 54.9 Å². The highest BCUT2D eigenvalue weighted by atomic mass is 32.2. The van der Waals surface area contributed by atoms with E-state index in [1.165, 1.54) is 22.9 Å². The summed E-state index contributed by atoms with van der Waals surface area (Å²) in [7, 11) is 0. The molecular formula is C23H25N3OS3. The summed E-state index contributed by atoms with van der Waals surface area (Å²) >= 11 is 4.74. The van der Waals surface area contributed by atoms with Gasteiger partial charge in [0.25, 0.3) is 0 Å². The van der Waals surface area contributed by atoms with Crippen LogP contribution in [-0.2, 0) is 10.5 Å². The fourth-order valence-corrected chi connectivity index (χ4v) is 6.13. The molecule has 0 bridgehead atoms. The van der Waals surface area contributed by atoms with E-state index in [1.54, 1.807) is 23.1 Å². The maximum atomic E-state index is 12.8. The first kappa shape index (κ1) is 21.4. The van der Waals surface area contributed by atoms with Crippen molar-refractivity contribution in [1.82, 2.24) is 15.5 Å². The molecule has 2 aromatic carbocycles. The number of aromatic nitrogens is 2. The number of hydrogen-bond acceptors (Lipinski definition) is 6. The monoisotopic (exact) mass is 455 g/mol. The molecule has 1 fully saturated rings. The van der Waals surface area contributed by atoms with Gasteiger partial charge in [0.1, 0.15) is 5.25 Å². The normalized spacial score (nSPS) is 14.6. The van der Waals surface area contributed by atoms with Crippen molar-refractivity contribution in [3.05, 3.63) is 71.3 Å². The molecule has 1 aromatic heterocycles. The van der Waals surface area contributed by atoms with Gasteiger partial charge in [0.2, 0.25) is 5.91 Å². The Labute approximate surface area is 190 Å². The number of thioether (sulfide) groups is 2. The summed E-state index contributed by atoms with van der Waals surface area (Å²) in [5, 5.41) is 11.5. The first-order chi connectivity index (χ1) is 14.6. The van der Waals surface area contributed by atoms with Gasteiger partial charge < -0.3 is 5.32 Å². The molecule has 1 atom stereocenters. The van der Waals surface area contributed by atoms with Gasteiger partial charge in [-0.25, -0.2) is 0 Å². The Balaban J connectivity index is 1.39. The van der Waals surface area contributed by atoms with Crippen molar-refractivity contribution in [3.63, 3.8) is 0 Å². The maximum absolute atomic E-state index is 12.8. The molecule has 1 aliphatic rings. The summed E-state index contributed by atoms with van der Waals surface area (Å²) < 4.78 is 1.76. The summed E-state index contributed by atoms with van der Waals surface area (Å²) in [6.45, 7) is 4.41. The van der Waals surface area contributed by atoms with Crippen LogP contribution in [0.2, 0.25) is 0 Å². The average Bonchev–Trinajstić information content (AvgIpc) is 3.46. The fourth-order valence-electron chi connectivity index (χ4n) is 2.95. The number of carbonyl (C=O) groups excluding carboxylic acids is 1. The predicted molar refractivity (Wildman–Crippen MR) is 126 cm³/mol. The van der Waals surface area contributed by atoms with Gasteiger partial charge in [-0.2, -0.15) is 0 Å². The first-order valence-corrected chi connectivity index (χ1v) is 12.8. The van der Waals surface area contributed by atoms with Crippen LogP contribution in [0.4, 0.5) is 0 Å². The number of hydrogen-bond donors (Lipinski definition) is 1. The Morgan fingerprint density at radius 1 is 1.03 bits per heavy atom. The first-order valence-electron chi connectivity index (χ1n) is 10.2. The van der Waals surface area contributed by atoms with Crippen molar-refractivity contribution >= 4 is 40.8 Å². The molecule has 1 heterocycles. The van der Waals surface area contributed by atoms with Crippen molar-refractivity contribution in [1.29, 1.82) is 0 Å². The highest BCUT2D eigenvalue weighted by Gasteiger charge is 2.29. The molecule has 1 N–H and O–H groups in total. The Morgan fingerprint density at radius 2 is 1.73 bits per heavy atom. The molecule has 30 heavy (non-hydrogen) atoms. The highest BCUT2D eigenvalue weighted by Crippen LogP contribution is 2.39. The quantitative estimate of drug-likeness (QED) is 0.397. The zero-order valence-electron chi connectivity index (χ0n) is 17.1. The molecule has 4 nitrogen and oxygen atoms in total. The Hall–Kier alpha value is -1.83. The molecule has 1 aliphatic carbocycles. The summed E-state index contributed by atoms with van der Waals surface area (Å²) in [5.74, 6) is 1.47. The zero-order chi connectivity index (χ0) is 20.9. The van der Waals surface area contributed by atoms with Crippen molar-refractivity contribution in [3.8, 4) is 0 Å². The predicted octanol–water partition coefficient (Wildman–Crippen LogP) is 6.07. The molecule has 0 radical (unpaired) electrons. The second kappa shape index (κ2) is 9.98. The van der Waals surface area contributed by atoms with E-state index in [2.05, 4.69) is 53.6 Å². The minimum atomic E-state index is -0.304. The number of amides is 1. The number of rotatable bonds is 9. The zero-order valence-corrected chi connectivity index (χ0v) is 19.5. The Kier molecular flexibility index (Phi) is 7.12. The molecule has 7 heteroatoms. The van der Waals surface area contributed by atoms with Crippen LogP contribution in [0.25, 0.3) is 0 Å². The second-order valence-electron chi connectivity index (χ2n) is 7.71. The van der Waals surface area contributed by atoms with E-state index >= 15 is 0 Å². The SMILES string of the molecule is CC(C)c1ccc(CSc2nnc(SC(C(=O)NC3CC3)c3ccccc3)s2)cc1. The van der Waals surface area contributed by atoms with Gasteiger partial charge in [-0.05, 0) is 35.4 Å². The molecule has 0 aliphatic heterocycles. The van der Waals surface area contributed by atoms with E-state index in [1.807, 2.05) is 30.3 Å². The van der Waals surface area contributed by atoms with Crippen LogP contribution in [0.5, 0.6) is 0 Å². The minimum Gasteiger partial charge on any atom is -0.352 e. The van der Waals surface area contributed by atoms with Crippen molar-refractivity contribution in [2.45, 2.75) is 58.3 Å². The minimum absolute atomic E-state index is 0.0587. The molecule has 156 valence electrons. The van der Waals surface area contributed by atoms with Gasteiger partial charge in [0.15, 0.2) is 8.68 Å². The third-order valence-electron chi connectivity index (χ3n) is 4.88. The average molecular weight is 456 g/mol. The van der Waals surface area contributed by atoms with Crippen LogP contribution in [0.15, 0.2) is 63.3 Å². The summed E-state index contributed by atoms with van der Waals surface area (Å²) in [4.78, 5) is 12.8. The van der Waals surface area contributed by atoms with Gasteiger partial charge in [-0.1, -0.05) is 103 Å². The molecule has 0 spiro atoms. The lowest BCUT2D eigenvalue weighted by molar-refractivity contribution is -0.120. The van der Waals surface area contributed by atoms with Gasteiger partial charge in [-0.15, -0.1) is 10.2 Å². The number of nitrogens with zero attached hydrogens (tertiary/aromatic N) is 2. The number of benzene rings is 2. The second-order valence-corrected chi connectivity index (χ2v) is 11.3. The van der Waals surface area contributed by atoms with Crippen LogP contribution in [0, 0.1) is 0 Å². The fraction of sp³-hybridized carbons (Fsp3) is 0.348. The summed E-state index contributed by atoms with van der Waals surface area (Å²) in [6.07, 6.45) is 2.16. The third-order valence-corrected chi connectivity index (χ3v) is 8.35. The van der Waals surface area contributed by atoms with Crippen LogP contribution < -0.4 is 5.32 Å². The van der Waals surface area contributed by atoms with Crippen LogP contribution in [-0.4, -0.2) is 22.1 Å². The Bertz CT molecular complexity index is 969. The Morgan fingerprint density at radius 3 is 2.40 bits per heavy atom. The van der Waals surface area contributed by atoms with Crippen LogP contribution in [0.3, 0.4) is 0 Å². The molecular weight excluding hydrogens is 430 g/mol. The lowest BCUT2D eigenvalue weighted by Crippen LogP contribution is -2.29. The molecule has 1 saturated carbocycles. The molecule has 1 amide bonds. The van der Waals surface area contributed by atoms with Crippen molar-refractivity contribution in [2.24, 2.45) is 0 Å². The number of carbonyl (C=O) groups is 1. The molecule has 4 rings (SSSR count). The standard InChI is InChI=1S/C23H25N3OS3/c1-15(2)17-10-8-16(9-11-17)14-28-22-25-26-23(30-22)29-20(18-6-4-3-5-7-18)21(27)24-19-12-13-19/h3-11,15,19-20H,12-14H2,1-2H3,(H,24,27). The van der Waals surface area contributed by atoms with E-state index in [9.17, 15) is 4.79 Å². The molecule has 3 aromatic rings. The highest BCUT2D eigenvalue weighted by molar-refractivity contribution is 8.03. The van der Waals surface area contributed by atoms with Gasteiger partial charge in [0.05, 0.1) is 0 Å². The summed E-state index contributed by atoms with van der Waals surface area (Å²) in [6, 6.07) is 19.0. The van der Waals surface area contributed by atoms with Crippen LogP contribution >= 0.6 is 34.9 Å². The smallest absolute Gasteiger partial charge is 0.238 e. The van der Waals surface area contributed by atoms with E-state index < -0.39 is 0 Å². The van der Waals surface area contributed by atoms with Crippen LogP contribution in [0.1, 0.15) is 54.5 Å².